The third-order valence-corrected chi connectivity index (χ3v) is 10.0. The van der Waals surface area contributed by atoms with Gasteiger partial charge in [0.2, 0.25) is 0 Å². The fourth-order valence-electron chi connectivity index (χ4n) is 7.44. The number of hydroxylamine groups is 1. The summed E-state index contributed by atoms with van der Waals surface area (Å²) in [6.07, 6.45) is 3.19. The molecule has 0 bridgehead atoms. The Bertz CT molecular complexity index is 2490. The fraction of sp³-hybridized carbons (Fsp3) is 0.0980. The van der Waals surface area contributed by atoms with Crippen molar-refractivity contribution in [2.45, 2.75) is 6.42 Å². The van der Waals surface area contributed by atoms with Crippen LogP contribution in [0.2, 0.25) is 0 Å². The van der Waals surface area contributed by atoms with Gasteiger partial charge in [-0.3, -0.25) is 10.3 Å². The van der Waals surface area contributed by atoms with Crippen molar-refractivity contribution < 1.29 is 37.9 Å². The Kier molecular flexibility index (Phi) is 13.7. The summed E-state index contributed by atoms with van der Waals surface area (Å²) >= 11 is 0. The summed E-state index contributed by atoms with van der Waals surface area (Å²) < 4.78 is 0. The van der Waals surface area contributed by atoms with Crippen molar-refractivity contribution >= 4 is 38.5 Å². The van der Waals surface area contributed by atoms with Crippen molar-refractivity contribution in [3.8, 4) is 33.4 Å². The molecule has 56 heavy (non-hydrogen) atoms. The van der Waals surface area contributed by atoms with E-state index in [0.29, 0.717) is 0 Å². The number of rotatable bonds is 9. The Morgan fingerprint density at radius 3 is 1.46 bits per heavy atom. The monoisotopic (exact) mass is 806 g/mol. The molecular formula is C51H47N3OY. The number of fused-ring (bicyclic) bond motifs is 2. The minimum absolute atomic E-state index is 0. The van der Waals surface area contributed by atoms with Crippen LogP contribution in [-0.2, 0) is 39.1 Å². The Morgan fingerprint density at radius 1 is 0.518 bits per heavy atom. The normalized spacial score (nSPS) is 11.1. The van der Waals surface area contributed by atoms with Crippen molar-refractivity contribution in [3.05, 3.63) is 199 Å². The predicted molar refractivity (Wildman–Crippen MR) is 236 cm³/mol. The van der Waals surface area contributed by atoms with E-state index in [1.807, 2.05) is 27.2 Å². The van der Waals surface area contributed by atoms with Crippen molar-refractivity contribution in [2.24, 2.45) is 0 Å². The largest absolute Gasteiger partial charge is 0.386 e. The minimum Gasteiger partial charge on any atom is -0.386 e. The summed E-state index contributed by atoms with van der Waals surface area (Å²) in [5, 5.41) is 22.4. The number of hydrogen-bond donors (Lipinski definition) is 3. The first kappa shape index (κ1) is 40.3. The van der Waals surface area contributed by atoms with Crippen LogP contribution in [0.3, 0.4) is 0 Å². The zero-order valence-corrected chi connectivity index (χ0v) is 35.3. The van der Waals surface area contributed by atoms with Crippen LogP contribution in [0.5, 0.6) is 0 Å². The molecule has 0 atom stereocenters. The first-order valence-corrected chi connectivity index (χ1v) is 18.8. The van der Waals surface area contributed by atoms with E-state index in [-0.39, 0.29) is 32.7 Å². The topological polar surface area (TPSA) is 47.5 Å². The van der Waals surface area contributed by atoms with Crippen molar-refractivity contribution in [1.82, 2.24) is 5.32 Å². The van der Waals surface area contributed by atoms with Crippen LogP contribution in [0.25, 0.3) is 60.5 Å². The molecule has 0 amide bonds. The Labute approximate surface area is 356 Å². The molecule has 1 radical (unpaired) electrons. The van der Waals surface area contributed by atoms with Crippen LogP contribution in [0.1, 0.15) is 16.7 Å². The molecule has 275 valence electrons. The molecule has 8 aromatic rings. The molecule has 8 aromatic carbocycles. The van der Waals surface area contributed by atoms with Crippen molar-refractivity contribution in [1.29, 1.82) is 0 Å². The van der Waals surface area contributed by atoms with Crippen molar-refractivity contribution in [2.75, 3.05) is 38.6 Å². The standard InChI is InChI=1S/C49H40N2O.C2H7N.Y/c1-50-46-32-30-40(33-47(46)51(2)52)49-44-19-11-9-17-42(44)48(43-18-10-12-20-45(43)49)39-28-26-38(27-29-39)41(37-15-7-4-8-16-37)31-23-34-21-24-36(25-22-34)35-13-5-3-6-14-35;1-3-2;/h3-22,24-33,50,52H,23H2,1-2H3;3H,1-2H3;/b41-31+;;. The third kappa shape index (κ3) is 8.70. The number of nitrogens with zero attached hydrogens (tertiary/aromatic N) is 1. The second-order valence-electron chi connectivity index (χ2n) is 13.7. The van der Waals surface area contributed by atoms with Gasteiger partial charge in [-0.2, -0.15) is 0 Å². The van der Waals surface area contributed by atoms with Gasteiger partial charge >= 0.3 is 0 Å². The molecule has 0 aliphatic carbocycles. The molecule has 0 heterocycles. The number of benzene rings is 8. The van der Waals surface area contributed by atoms with E-state index >= 15 is 0 Å². The first-order valence-electron chi connectivity index (χ1n) is 18.8. The van der Waals surface area contributed by atoms with Crippen molar-refractivity contribution in [3.63, 3.8) is 0 Å². The molecule has 0 fully saturated rings. The van der Waals surface area contributed by atoms with Gasteiger partial charge in [0.05, 0.1) is 11.4 Å². The summed E-state index contributed by atoms with van der Waals surface area (Å²) in [6, 6.07) is 62.8. The quantitative estimate of drug-likeness (QED) is 0.100. The number of nitrogens with one attached hydrogen (secondary N) is 2. The van der Waals surface area contributed by atoms with E-state index in [1.165, 1.54) is 71.1 Å². The SMILES string of the molecule is CNC.CNc1ccc(-c2c3ccccc3c(-c3ccc(/C(=C/Cc4ccc(-c5ccccc5)cc4)c4ccccc4)cc3)c3ccccc23)cc1N(C)O.[Y]. The average molecular weight is 807 g/mol. The van der Waals surface area contributed by atoms with E-state index in [2.05, 4.69) is 187 Å². The van der Waals surface area contributed by atoms with Crippen LogP contribution < -0.4 is 15.7 Å². The number of hydrogen-bond acceptors (Lipinski definition) is 4. The van der Waals surface area contributed by atoms with E-state index in [9.17, 15) is 5.21 Å². The molecule has 4 nitrogen and oxygen atoms in total. The molecule has 0 aliphatic rings. The van der Waals surface area contributed by atoms with Gasteiger partial charge in [0.25, 0.3) is 0 Å². The molecule has 0 aromatic heterocycles. The molecule has 0 saturated heterocycles. The van der Waals surface area contributed by atoms with Gasteiger partial charge in [-0.05, 0) is 110 Å². The van der Waals surface area contributed by atoms with Gasteiger partial charge in [-0.25, -0.2) is 0 Å². The summed E-state index contributed by atoms with van der Waals surface area (Å²) in [5.41, 5.74) is 13.5. The minimum atomic E-state index is 0. The third-order valence-electron chi connectivity index (χ3n) is 10.0. The fourth-order valence-corrected chi connectivity index (χ4v) is 7.44. The summed E-state index contributed by atoms with van der Waals surface area (Å²) in [4.78, 5) is 0. The van der Waals surface area contributed by atoms with Gasteiger partial charge < -0.3 is 10.6 Å². The molecular weight excluding hydrogens is 759 g/mol. The molecule has 5 heteroatoms. The zero-order valence-electron chi connectivity index (χ0n) is 32.5. The van der Waals surface area contributed by atoms with Gasteiger partial charge in [-0.1, -0.05) is 170 Å². The second-order valence-corrected chi connectivity index (χ2v) is 13.7. The number of allylic oxidation sites excluding steroid dienone is 1. The first-order chi connectivity index (χ1) is 27.0. The van der Waals surface area contributed by atoms with E-state index < -0.39 is 0 Å². The Hall–Kier alpha value is -5.36. The van der Waals surface area contributed by atoms with Crippen LogP contribution >= 0.6 is 0 Å². The Morgan fingerprint density at radius 2 is 0.946 bits per heavy atom. The molecule has 8 rings (SSSR count). The van der Waals surface area contributed by atoms with Crippen LogP contribution in [0.15, 0.2) is 182 Å². The van der Waals surface area contributed by atoms with Gasteiger partial charge in [0.1, 0.15) is 0 Å². The molecule has 0 unspecified atom stereocenters. The summed E-state index contributed by atoms with van der Waals surface area (Å²) in [5.74, 6) is 0. The molecule has 0 saturated carbocycles. The maximum atomic E-state index is 10.5. The number of anilines is 2. The van der Waals surface area contributed by atoms with E-state index in [1.54, 1.807) is 7.05 Å². The smallest absolute Gasteiger partial charge is 0.0868 e. The maximum absolute atomic E-state index is 10.5. The molecule has 0 aliphatic heterocycles. The van der Waals surface area contributed by atoms with Crippen LogP contribution in [0, 0.1) is 0 Å². The Balaban J connectivity index is 0.00000129. The second kappa shape index (κ2) is 19.0. The molecule has 3 N–H and O–H groups in total. The van der Waals surface area contributed by atoms with E-state index in [0.717, 1.165) is 28.9 Å². The van der Waals surface area contributed by atoms with Crippen LogP contribution in [-0.4, -0.2) is 33.4 Å². The maximum Gasteiger partial charge on any atom is 0.0868 e. The van der Waals surface area contributed by atoms with Gasteiger partial charge in [0.15, 0.2) is 0 Å². The van der Waals surface area contributed by atoms with Gasteiger partial charge in [-0.15, -0.1) is 0 Å². The molecule has 0 spiro atoms. The van der Waals surface area contributed by atoms with Crippen LogP contribution in [0.4, 0.5) is 11.4 Å². The average Bonchev–Trinajstić information content (AvgIpc) is 3.24. The van der Waals surface area contributed by atoms with Gasteiger partial charge in [0, 0.05) is 46.8 Å². The zero-order chi connectivity index (χ0) is 38.1. The summed E-state index contributed by atoms with van der Waals surface area (Å²) in [7, 11) is 7.28. The predicted octanol–water partition coefficient (Wildman–Crippen LogP) is 12.4. The summed E-state index contributed by atoms with van der Waals surface area (Å²) in [6.45, 7) is 0. The van der Waals surface area contributed by atoms with E-state index in [4.69, 9.17) is 0 Å².